The molecule has 3 heterocycles. The minimum Gasteiger partial charge on any atom is -0.390 e. The van der Waals surface area contributed by atoms with Gasteiger partial charge in [0.2, 0.25) is 5.91 Å². The molecule has 0 aromatic rings. The maximum atomic E-state index is 12.5. The van der Waals surface area contributed by atoms with E-state index in [1.807, 2.05) is 4.90 Å². The molecule has 7 heteroatoms. The number of likely N-dealkylation sites (tertiary alicyclic amines) is 2. The molecule has 3 aliphatic heterocycles. The van der Waals surface area contributed by atoms with Crippen LogP contribution < -0.4 is 5.32 Å². The summed E-state index contributed by atoms with van der Waals surface area (Å²) in [5.41, 5.74) is 0. The number of nitrogens with one attached hydrogen (secondary N) is 1. The molecule has 0 radical (unpaired) electrons. The van der Waals surface area contributed by atoms with E-state index in [-0.39, 0.29) is 42.9 Å². The number of piperidine rings is 2. The highest BCUT2D eigenvalue weighted by molar-refractivity contribution is 5.85. The molecule has 23 heavy (non-hydrogen) atoms. The van der Waals surface area contributed by atoms with Crippen LogP contribution in [-0.2, 0) is 4.79 Å². The fourth-order valence-corrected chi connectivity index (χ4v) is 4.04. The van der Waals surface area contributed by atoms with E-state index in [1.165, 1.54) is 19.3 Å². The standard InChI is InChI=1S/C16H29N3O2.2ClH/c20-15-12-19(11-14(15)18-8-2-1-3-9-18)16(21)10-13-4-6-17-7-5-13;;/h13-15,17,20H,1-12H2;2*1H/t14-,15-;;/m0../s1. The highest BCUT2D eigenvalue weighted by Gasteiger charge is 2.38. The SMILES string of the molecule is Cl.Cl.O=C(CC1CCNCC1)N1C[C@H](O)[C@@H](N2CCCCC2)C1. The number of β-amino-alcohol motifs (C(OH)–C–C–N with tert-alkyl or cyclic N) is 1. The minimum atomic E-state index is -0.361. The molecule has 0 spiro atoms. The zero-order chi connectivity index (χ0) is 14.7. The zero-order valence-electron chi connectivity index (χ0n) is 13.8. The lowest BCUT2D eigenvalue weighted by molar-refractivity contribution is -0.131. The van der Waals surface area contributed by atoms with E-state index in [4.69, 9.17) is 0 Å². The molecule has 3 saturated heterocycles. The molecular weight excluding hydrogens is 337 g/mol. The van der Waals surface area contributed by atoms with Gasteiger partial charge in [-0.15, -0.1) is 24.8 Å². The van der Waals surface area contributed by atoms with E-state index in [1.54, 1.807) is 0 Å². The first kappa shape index (κ1) is 21.0. The van der Waals surface area contributed by atoms with E-state index >= 15 is 0 Å². The molecular formula is C16H31Cl2N3O2. The second-order valence-corrected chi connectivity index (χ2v) is 6.93. The molecule has 3 aliphatic rings. The summed E-state index contributed by atoms with van der Waals surface area (Å²) in [5, 5.41) is 13.7. The van der Waals surface area contributed by atoms with Crippen molar-refractivity contribution in [3.05, 3.63) is 0 Å². The fourth-order valence-electron chi connectivity index (χ4n) is 4.04. The van der Waals surface area contributed by atoms with E-state index in [0.717, 1.165) is 45.6 Å². The third kappa shape index (κ3) is 5.46. The Labute approximate surface area is 152 Å². The van der Waals surface area contributed by atoms with Gasteiger partial charge in [-0.25, -0.2) is 0 Å². The van der Waals surface area contributed by atoms with Gasteiger partial charge >= 0.3 is 0 Å². The molecule has 3 fully saturated rings. The quantitative estimate of drug-likeness (QED) is 0.788. The van der Waals surface area contributed by atoms with Crippen LogP contribution in [0, 0.1) is 5.92 Å². The highest BCUT2D eigenvalue weighted by atomic mass is 35.5. The lowest BCUT2D eigenvalue weighted by Gasteiger charge is -2.33. The Balaban J connectivity index is 0.00000132. The maximum Gasteiger partial charge on any atom is 0.222 e. The van der Waals surface area contributed by atoms with Gasteiger partial charge in [-0.05, 0) is 57.8 Å². The second kappa shape index (κ2) is 10.0. The van der Waals surface area contributed by atoms with Crippen molar-refractivity contribution < 1.29 is 9.90 Å². The van der Waals surface area contributed by atoms with Gasteiger partial charge in [-0.1, -0.05) is 6.42 Å². The van der Waals surface area contributed by atoms with Crippen molar-refractivity contribution in [3.63, 3.8) is 0 Å². The van der Waals surface area contributed by atoms with Crippen molar-refractivity contribution in [2.75, 3.05) is 39.3 Å². The number of carbonyl (C=O) groups excluding carboxylic acids is 1. The first-order valence-corrected chi connectivity index (χ1v) is 8.64. The van der Waals surface area contributed by atoms with Crippen LogP contribution in [0.1, 0.15) is 38.5 Å². The van der Waals surface area contributed by atoms with Crippen LogP contribution in [0.2, 0.25) is 0 Å². The summed E-state index contributed by atoms with van der Waals surface area (Å²) in [6, 6.07) is 0.169. The summed E-state index contributed by atoms with van der Waals surface area (Å²) < 4.78 is 0. The zero-order valence-corrected chi connectivity index (χ0v) is 15.4. The molecule has 0 saturated carbocycles. The van der Waals surface area contributed by atoms with Gasteiger partial charge in [0.25, 0.3) is 0 Å². The van der Waals surface area contributed by atoms with Crippen molar-refractivity contribution in [1.29, 1.82) is 0 Å². The maximum absolute atomic E-state index is 12.5. The van der Waals surface area contributed by atoms with Crippen molar-refractivity contribution in [3.8, 4) is 0 Å². The number of hydrogen-bond acceptors (Lipinski definition) is 4. The summed E-state index contributed by atoms with van der Waals surface area (Å²) in [7, 11) is 0. The Morgan fingerprint density at radius 3 is 2.35 bits per heavy atom. The van der Waals surface area contributed by atoms with Crippen LogP contribution in [-0.4, -0.2) is 72.2 Å². The lowest BCUT2D eigenvalue weighted by atomic mass is 9.94. The van der Waals surface area contributed by atoms with Crippen LogP contribution in [0.15, 0.2) is 0 Å². The van der Waals surface area contributed by atoms with Gasteiger partial charge in [-0.3, -0.25) is 9.69 Å². The highest BCUT2D eigenvalue weighted by Crippen LogP contribution is 2.23. The molecule has 0 aliphatic carbocycles. The lowest BCUT2D eigenvalue weighted by Crippen LogP contribution is -2.46. The predicted molar refractivity (Wildman–Crippen MR) is 96.5 cm³/mol. The Bertz CT molecular complexity index is 361. The van der Waals surface area contributed by atoms with Gasteiger partial charge < -0.3 is 15.3 Å². The van der Waals surface area contributed by atoms with E-state index in [2.05, 4.69) is 10.2 Å². The third-order valence-electron chi connectivity index (χ3n) is 5.39. The van der Waals surface area contributed by atoms with E-state index < -0.39 is 0 Å². The Morgan fingerprint density at radius 1 is 1.04 bits per heavy atom. The molecule has 2 N–H and O–H groups in total. The molecule has 0 aromatic heterocycles. The monoisotopic (exact) mass is 367 g/mol. The van der Waals surface area contributed by atoms with Gasteiger partial charge in [0.05, 0.1) is 12.1 Å². The molecule has 0 bridgehead atoms. The second-order valence-electron chi connectivity index (χ2n) is 6.93. The summed E-state index contributed by atoms with van der Waals surface area (Å²) in [6.07, 6.45) is 6.28. The number of amides is 1. The van der Waals surface area contributed by atoms with E-state index in [0.29, 0.717) is 18.9 Å². The summed E-state index contributed by atoms with van der Waals surface area (Å²) in [6.45, 7) is 5.50. The first-order valence-electron chi connectivity index (χ1n) is 8.64. The number of aliphatic hydroxyl groups is 1. The smallest absolute Gasteiger partial charge is 0.222 e. The van der Waals surface area contributed by atoms with Crippen LogP contribution in [0.3, 0.4) is 0 Å². The van der Waals surface area contributed by atoms with Crippen LogP contribution >= 0.6 is 24.8 Å². The van der Waals surface area contributed by atoms with Crippen molar-refractivity contribution in [2.24, 2.45) is 5.92 Å². The number of carbonyl (C=O) groups is 1. The van der Waals surface area contributed by atoms with Gasteiger partial charge in [0.1, 0.15) is 0 Å². The van der Waals surface area contributed by atoms with Crippen molar-refractivity contribution in [2.45, 2.75) is 50.7 Å². The molecule has 2 atom stereocenters. The van der Waals surface area contributed by atoms with Gasteiger partial charge in [0, 0.05) is 19.5 Å². The molecule has 1 amide bonds. The molecule has 0 aromatic carbocycles. The van der Waals surface area contributed by atoms with Crippen molar-refractivity contribution >= 4 is 30.7 Å². The molecule has 5 nitrogen and oxygen atoms in total. The van der Waals surface area contributed by atoms with Gasteiger partial charge in [-0.2, -0.15) is 0 Å². The topological polar surface area (TPSA) is 55.8 Å². The van der Waals surface area contributed by atoms with E-state index in [9.17, 15) is 9.90 Å². The predicted octanol–water partition coefficient (Wildman–Crippen LogP) is 1.28. The summed E-state index contributed by atoms with van der Waals surface area (Å²) in [5.74, 6) is 0.783. The third-order valence-corrected chi connectivity index (χ3v) is 5.39. The fraction of sp³-hybridized carbons (Fsp3) is 0.938. The van der Waals surface area contributed by atoms with Gasteiger partial charge in [0.15, 0.2) is 0 Å². The number of hydrogen-bond donors (Lipinski definition) is 2. The average molecular weight is 368 g/mol. The average Bonchev–Trinajstić information content (AvgIpc) is 2.91. The first-order chi connectivity index (χ1) is 10.2. The number of rotatable bonds is 3. The molecule has 136 valence electrons. The van der Waals surface area contributed by atoms with Crippen LogP contribution in [0.4, 0.5) is 0 Å². The van der Waals surface area contributed by atoms with Crippen LogP contribution in [0.25, 0.3) is 0 Å². The number of halogens is 2. The molecule has 3 rings (SSSR count). The minimum absolute atomic E-state index is 0. The largest absolute Gasteiger partial charge is 0.390 e. The molecule has 0 unspecified atom stereocenters. The Morgan fingerprint density at radius 2 is 1.70 bits per heavy atom. The van der Waals surface area contributed by atoms with Crippen LogP contribution in [0.5, 0.6) is 0 Å². The normalized spacial score (nSPS) is 29.7. The number of aliphatic hydroxyl groups excluding tert-OH is 1. The summed E-state index contributed by atoms with van der Waals surface area (Å²) in [4.78, 5) is 16.8. The Hall–Kier alpha value is -0.0700. The Kier molecular flexibility index (Phi) is 9.16. The number of nitrogens with zero attached hydrogens (tertiary/aromatic N) is 2. The summed E-state index contributed by atoms with van der Waals surface area (Å²) >= 11 is 0. The van der Waals surface area contributed by atoms with Crippen molar-refractivity contribution in [1.82, 2.24) is 15.1 Å².